The van der Waals surface area contributed by atoms with Gasteiger partial charge in [0, 0.05) is 0 Å². The molecule has 0 rings (SSSR count). The molecule has 0 aromatic heterocycles. The van der Waals surface area contributed by atoms with Gasteiger partial charge in [0.1, 0.15) is 0 Å². The first-order valence-electron chi connectivity index (χ1n) is 7.14. The maximum absolute atomic E-state index is 11.0. The highest BCUT2D eigenvalue weighted by Crippen LogP contribution is 2.16. The largest absolute Gasteiger partial charge is 0.270 e. The Morgan fingerprint density at radius 3 is 1.79 bits per heavy atom. The lowest BCUT2D eigenvalue weighted by Gasteiger charge is -2.14. The highest BCUT2D eigenvalue weighted by atomic mass is 32.2. The summed E-state index contributed by atoms with van der Waals surface area (Å²) in [6.07, 6.45) is 15.7. The Labute approximate surface area is 118 Å². The van der Waals surface area contributed by atoms with Crippen molar-refractivity contribution in [2.24, 2.45) is 5.92 Å². The topological polar surface area (TPSA) is 43.4 Å². The first-order valence-corrected chi connectivity index (χ1v) is 8.95. The van der Waals surface area contributed by atoms with Crippen molar-refractivity contribution in [3.05, 3.63) is 24.3 Å². The number of hydrogen-bond acceptors (Lipinski definition) is 3. The summed E-state index contributed by atoms with van der Waals surface area (Å²) in [4.78, 5) is 0. The Balaban J connectivity index is 4.13. The highest BCUT2D eigenvalue weighted by Gasteiger charge is 2.11. The lowest BCUT2D eigenvalue weighted by atomic mass is 9.98. The summed E-state index contributed by atoms with van der Waals surface area (Å²) in [5.41, 5.74) is 0. The summed E-state index contributed by atoms with van der Waals surface area (Å²) in [6.45, 7) is 4.52. The molecule has 112 valence electrons. The molecule has 0 aliphatic heterocycles. The summed E-state index contributed by atoms with van der Waals surface area (Å²) in [7, 11) is -3.33. The van der Waals surface area contributed by atoms with Gasteiger partial charge in [0.2, 0.25) is 0 Å². The summed E-state index contributed by atoms with van der Waals surface area (Å²) in [6, 6.07) is 0. The Kier molecular flexibility index (Phi) is 10.9. The van der Waals surface area contributed by atoms with Crippen LogP contribution >= 0.6 is 0 Å². The van der Waals surface area contributed by atoms with Crippen LogP contribution in [-0.2, 0) is 14.3 Å². The average Bonchev–Trinajstić information content (AvgIpc) is 2.34. The van der Waals surface area contributed by atoms with Gasteiger partial charge in [-0.15, -0.1) is 0 Å². The predicted molar refractivity (Wildman–Crippen MR) is 81.6 cm³/mol. The van der Waals surface area contributed by atoms with Crippen LogP contribution in [0.15, 0.2) is 24.3 Å². The van der Waals surface area contributed by atoms with Gasteiger partial charge in [-0.3, -0.25) is 4.18 Å². The smallest absolute Gasteiger partial charge is 0.264 e. The number of allylic oxidation sites excluding steroid dienone is 4. The summed E-state index contributed by atoms with van der Waals surface area (Å²) >= 11 is 0. The van der Waals surface area contributed by atoms with Gasteiger partial charge in [-0.25, -0.2) is 0 Å². The molecule has 19 heavy (non-hydrogen) atoms. The third kappa shape index (κ3) is 13.6. The Morgan fingerprint density at radius 2 is 1.42 bits per heavy atom. The number of hydrogen-bond donors (Lipinski definition) is 0. The van der Waals surface area contributed by atoms with E-state index in [1.807, 2.05) is 0 Å². The minimum Gasteiger partial charge on any atom is -0.270 e. The minimum atomic E-state index is -3.33. The molecule has 3 nitrogen and oxygen atoms in total. The molecule has 0 aromatic carbocycles. The molecule has 0 fully saturated rings. The van der Waals surface area contributed by atoms with Crippen molar-refractivity contribution in [3.63, 3.8) is 0 Å². The normalized spacial score (nSPS) is 13.1. The van der Waals surface area contributed by atoms with E-state index in [2.05, 4.69) is 38.2 Å². The van der Waals surface area contributed by atoms with Gasteiger partial charge in [0.25, 0.3) is 10.1 Å². The molecule has 0 aromatic rings. The fourth-order valence-corrected chi connectivity index (χ4v) is 2.20. The second-order valence-electron chi connectivity index (χ2n) is 4.77. The van der Waals surface area contributed by atoms with Crippen molar-refractivity contribution in [2.75, 3.05) is 12.9 Å². The van der Waals surface area contributed by atoms with Gasteiger partial charge in [0.15, 0.2) is 0 Å². The molecule has 0 amide bonds. The zero-order chi connectivity index (χ0) is 14.6. The van der Waals surface area contributed by atoms with Crippen LogP contribution in [0.25, 0.3) is 0 Å². The second kappa shape index (κ2) is 11.2. The van der Waals surface area contributed by atoms with E-state index in [9.17, 15) is 8.42 Å². The van der Waals surface area contributed by atoms with Crippen LogP contribution in [0.4, 0.5) is 0 Å². The molecule has 0 radical (unpaired) electrons. The zero-order valence-electron chi connectivity index (χ0n) is 12.5. The van der Waals surface area contributed by atoms with Crippen LogP contribution in [0, 0.1) is 5.92 Å². The van der Waals surface area contributed by atoms with E-state index in [4.69, 9.17) is 4.18 Å². The van der Waals surface area contributed by atoms with E-state index in [1.54, 1.807) is 0 Å². The predicted octanol–water partition coefficient (Wildman–Crippen LogP) is 4.07. The van der Waals surface area contributed by atoms with Crippen LogP contribution in [-0.4, -0.2) is 21.3 Å². The van der Waals surface area contributed by atoms with E-state index < -0.39 is 10.1 Å². The van der Waals surface area contributed by atoms with Gasteiger partial charge in [0.05, 0.1) is 12.9 Å². The van der Waals surface area contributed by atoms with Crippen molar-refractivity contribution in [2.45, 2.75) is 52.4 Å². The van der Waals surface area contributed by atoms with E-state index in [-0.39, 0.29) is 0 Å². The molecule has 0 N–H and O–H groups in total. The molecule has 0 spiro atoms. The van der Waals surface area contributed by atoms with Crippen LogP contribution in [0.3, 0.4) is 0 Å². The van der Waals surface area contributed by atoms with Crippen LogP contribution < -0.4 is 0 Å². The summed E-state index contributed by atoms with van der Waals surface area (Å²) in [5, 5.41) is 0. The van der Waals surface area contributed by atoms with Crippen LogP contribution in [0.1, 0.15) is 52.4 Å². The summed E-state index contributed by atoms with van der Waals surface area (Å²) < 4.78 is 27.0. The van der Waals surface area contributed by atoms with Gasteiger partial charge in [-0.1, -0.05) is 38.2 Å². The molecule has 4 heteroatoms. The summed E-state index contributed by atoms with van der Waals surface area (Å²) in [5.74, 6) is 0.303. The molecule has 0 aliphatic carbocycles. The van der Waals surface area contributed by atoms with Gasteiger partial charge >= 0.3 is 0 Å². The van der Waals surface area contributed by atoms with Gasteiger partial charge < -0.3 is 0 Å². The van der Waals surface area contributed by atoms with Crippen molar-refractivity contribution in [1.29, 1.82) is 0 Å². The number of rotatable bonds is 11. The van der Waals surface area contributed by atoms with Crippen molar-refractivity contribution in [1.82, 2.24) is 0 Å². The van der Waals surface area contributed by atoms with E-state index in [0.717, 1.165) is 44.8 Å². The zero-order valence-corrected chi connectivity index (χ0v) is 13.3. The maximum atomic E-state index is 11.0. The van der Waals surface area contributed by atoms with Crippen LogP contribution in [0.5, 0.6) is 0 Å². The first kappa shape index (κ1) is 18.4. The van der Waals surface area contributed by atoms with E-state index in [1.165, 1.54) is 0 Å². The van der Waals surface area contributed by atoms with Crippen molar-refractivity contribution >= 4 is 10.1 Å². The average molecular weight is 288 g/mol. The monoisotopic (exact) mass is 288 g/mol. The third-order valence-corrected chi connectivity index (χ3v) is 3.37. The second-order valence-corrected chi connectivity index (χ2v) is 6.41. The van der Waals surface area contributed by atoms with Crippen LogP contribution in [0.2, 0.25) is 0 Å². The molecule has 0 saturated carbocycles. The standard InChI is InChI=1S/C15H28O3S/c1-4-6-8-10-12-15(13-11-9-7-5-2)14-18-19(3,16)17/h6-9,15H,4-5,10-14H2,1-3H3/b8-6-,9-7-. The van der Waals surface area contributed by atoms with Crippen molar-refractivity contribution < 1.29 is 12.6 Å². The SMILES string of the molecule is CC/C=C\CCC(CC/C=C\CC)COS(C)(=O)=O. The third-order valence-electron chi connectivity index (χ3n) is 2.81. The minimum absolute atomic E-state index is 0.303. The quantitative estimate of drug-likeness (QED) is 0.425. The molecule has 0 heterocycles. The van der Waals surface area contributed by atoms with Gasteiger partial charge in [-0.05, 0) is 44.4 Å². The molecular formula is C15H28O3S. The fourth-order valence-electron chi connectivity index (χ4n) is 1.76. The molecular weight excluding hydrogens is 260 g/mol. The molecule has 0 unspecified atom stereocenters. The Morgan fingerprint density at radius 1 is 0.947 bits per heavy atom. The lowest BCUT2D eigenvalue weighted by molar-refractivity contribution is 0.240. The first-order chi connectivity index (χ1) is 8.99. The molecule has 0 atom stereocenters. The van der Waals surface area contributed by atoms with E-state index in [0.29, 0.717) is 12.5 Å². The maximum Gasteiger partial charge on any atom is 0.264 e. The highest BCUT2D eigenvalue weighted by molar-refractivity contribution is 7.85. The van der Waals surface area contributed by atoms with Gasteiger partial charge in [-0.2, -0.15) is 8.42 Å². The Hall–Kier alpha value is -0.610. The molecule has 0 bridgehead atoms. The van der Waals surface area contributed by atoms with E-state index >= 15 is 0 Å². The molecule has 0 saturated heterocycles. The Bertz CT molecular complexity index is 338. The lowest BCUT2D eigenvalue weighted by Crippen LogP contribution is -2.13. The van der Waals surface area contributed by atoms with Crippen molar-refractivity contribution in [3.8, 4) is 0 Å². The molecule has 0 aliphatic rings. The fraction of sp³-hybridized carbons (Fsp3) is 0.733.